The Bertz CT molecular complexity index is 941. The van der Waals surface area contributed by atoms with Gasteiger partial charge in [0.1, 0.15) is 11.6 Å². The van der Waals surface area contributed by atoms with Gasteiger partial charge in [0.05, 0.1) is 31.5 Å². The second-order valence-electron chi connectivity index (χ2n) is 5.76. The van der Waals surface area contributed by atoms with Crippen LogP contribution in [0.3, 0.4) is 0 Å². The average molecular weight is 352 g/mol. The maximum atomic E-state index is 11.5. The minimum absolute atomic E-state index is 0.446. The number of aromatic nitrogens is 2. The number of hydrogen-bond donors (Lipinski definition) is 2. The van der Waals surface area contributed by atoms with Gasteiger partial charge in [-0.05, 0) is 42.8 Å². The highest BCUT2D eigenvalue weighted by Crippen LogP contribution is 2.28. The maximum absolute atomic E-state index is 11.5. The molecule has 134 valence electrons. The summed E-state index contributed by atoms with van der Waals surface area (Å²) in [5.41, 5.74) is 9.40. The molecule has 0 aliphatic rings. The molecule has 0 bridgehead atoms. The number of benzene rings is 2. The van der Waals surface area contributed by atoms with Crippen molar-refractivity contribution in [3.63, 3.8) is 0 Å². The number of rotatable bonds is 4. The number of nitrogens with zero attached hydrogens (tertiary/aromatic N) is 2. The fourth-order valence-corrected chi connectivity index (χ4v) is 2.73. The summed E-state index contributed by atoms with van der Waals surface area (Å²) < 4.78 is 9.83. The molecule has 1 atom stereocenters. The number of nitrogens with two attached hydrogens (primary N) is 1. The molecule has 1 aromatic heterocycles. The molecule has 0 spiro atoms. The van der Waals surface area contributed by atoms with Crippen molar-refractivity contribution in [1.29, 1.82) is 0 Å². The van der Waals surface area contributed by atoms with Crippen LogP contribution in [0.1, 0.15) is 23.1 Å². The summed E-state index contributed by atoms with van der Waals surface area (Å²) in [5.74, 6) is 1.39. The van der Waals surface area contributed by atoms with Crippen LogP contribution in [0.4, 0.5) is 10.5 Å². The molecular formula is C19H20N4O3. The first-order valence-electron chi connectivity index (χ1n) is 8.04. The minimum atomic E-state index is -0.543. The third kappa shape index (κ3) is 3.57. The lowest BCUT2D eigenvalue weighted by atomic mass is 10.0. The number of methoxy groups -OCH3 is 2. The summed E-state index contributed by atoms with van der Waals surface area (Å²) in [6.45, 7) is 1.82. The molecule has 7 heteroatoms. The van der Waals surface area contributed by atoms with Gasteiger partial charge in [0.25, 0.3) is 0 Å². The van der Waals surface area contributed by atoms with Gasteiger partial charge in [0, 0.05) is 11.1 Å². The SMILES string of the molecule is COC(=O)Nc1ccc2nc(C)nc(C(N)c3ccc(OC)cc3)c2c1. The maximum Gasteiger partial charge on any atom is 0.411 e. The Morgan fingerprint density at radius 2 is 1.85 bits per heavy atom. The standard InChI is InChI=1S/C19H20N4O3/c1-11-21-16-9-6-13(23-19(24)26-3)10-15(16)18(22-11)17(20)12-4-7-14(25-2)8-5-12/h4-10,17H,20H2,1-3H3,(H,23,24). The van der Waals surface area contributed by atoms with Crippen LogP contribution in [0.25, 0.3) is 10.9 Å². The van der Waals surface area contributed by atoms with E-state index in [4.69, 9.17) is 10.5 Å². The monoisotopic (exact) mass is 352 g/mol. The van der Waals surface area contributed by atoms with Crippen molar-refractivity contribution in [3.8, 4) is 5.75 Å². The molecule has 0 saturated heterocycles. The molecular weight excluding hydrogens is 332 g/mol. The van der Waals surface area contributed by atoms with Crippen LogP contribution in [0.5, 0.6) is 5.75 Å². The van der Waals surface area contributed by atoms with Crippen LogP contribution >= 0.6 is 0 Å². The Morgan fingerprint density at radius 1 is 1.12 bits per heavy atom. The lowest BCUT2D eigenvalue weighted by Gasteiger charge is -2.16. The van der Waals surface area contributed by atoms with Crippen LogP contribution < -0.4 is 15.8 Å². The van der Waals surface area contributed by atoms with Crippen molar-refractivity contribution in [2.24, 2.45) is 5.73 Å². The highest BCUT2D eigenvalue weighted by Gasteiger charge is 2.16. The molecule has 3 aromatic rings. The molecule has 1 unspecified atom stereocenters. The molecule has 1 heterocycles. The van der Waals surface area contributed by atoms with Gasteiger partial charge in [0.15, 0.2) is 0 Å². The van der Waals surface area contributed by atoms with E-state index >= 15 is 0 Å². The average Bonchev–Trinajstić information content (AvgIpc) is 2.67. The van der Waals surface area contributed by atoms with Gasteiger partial charge in [0.2, 0.25) is 0 Å². The van der Waals surface area contributed by atoms with Crippen LogP contribution in [-0.4, -0.2) is 30.3 Å². The highest BCUT2D eigenvalue weighted by atomic mass is 16.5. The largest absolute Gasteiger partial charge is 0.497 e. The Morgan fingerprint density at radius 3 is 2.50 bits per heavy atom. The zero-order valence-electron chi connectivity index (χ0n) is 14.8. The topological polar surface area (TPSA) is 99.4 Å². The Labute approximate surface area is 151 Å². The zero-order valence-corrected chi connectivity index (χ0v) is 14.8. The van der Waals surface area contributed by atoms with E-state index in [9.17, 15) is 4.79 Å². The van der Waals surface area contributed by atoms with Crippen LogP contribution in [0.2, 0.25) is 0 Å². The van der Waals surface area contributed by atoms with Crippen LogP contribution in [0.15, 0.2) is 42.5 Å². The predicted molar refractivity (Wildman–Crippen MR) is 99.3 cm³/mol. The molecule has 0 aliphatic carbocycles. The van der Waals surface area contributed by atoms with Gasteiger partial charge in [-0.3, -0.25) is 5.32 Å². The molecule has 3 rings (SSSR count). The minimum Gasteiger partial charge on any atom is -0.497 e. The van der Waals surface area contributed by atoms with Gasteiger partial charge in [-0.1, -0.05) is 12.1 Å². The smallest absolute Gasteiger partial charge is 0.411 e. The number of anilines is 1. The van der Waals surface area contributed by atoms with Crippen molar-refractivity contribution < 1.29 is 14.3 Å². The predicted octanol–water partition coefficient (Wildman–Crippen LogP) is 3.17. The van der Waals surface area contributed by atoms with Crippen LogP contribution in [0, 0.1) is 6.92 Å². The number of carbonyl (C=O) groups is 1. The Balaban J connectivity index is 2.07. The van der Waals surface area contributed by atoms with Gasteiger partial charge in [-0.25, -0.2) is 14.8 Å². The molecule has 1 amide bonds. The number of ether oxygens (including phenoxy) is 2. The lowest BCUT2D eigenvalue weighted by Crippen LogP contribution is -2.16. The van der Waals surface area contributed by atoms with E-state index in [-0.39, 0.29) is 0 Å². The van der Waals surface area contributed by atoms with E-state index in [1.807, 2.05) is 37.3 Å². The summed E-state index contributed by atoms with van der Waals surface area (Å²) in [5, 5.41) is 3.42. The summed E-state index contributed by atoms with van der Waals surface area (Å²) in [7, 11) is 2.93. The van der Waals surface area contributed by atoms with Crippen LogP contribution in [-0.2, 0) is 4.74 Å². The van der Waals surface area contributed by atoms with Crippen molar-refractivity contribution >= 4 is 22.7 Å². The first-order valence-corrected chi connectivity index (χ1v) is 8.04. The lowest BCUT2D eigenvalue weighted by molar-refractivity contribution is 0.187. The number of amides is 1. The number of aryl methyl sites for hydroxylation is 1. The summed E-state index contributed by atoms with van der Waals surface area (Å²) in [6, 6.07) is 12.5. The third-order valence-electron chi connectivity index (χ3n) is 4.04. The summed E-state index contributed by atoms with van der Waals surface area (Å²) in [4.78, 5) is 20.5. The van der Waals surface area contributed by atoms with Gasteiger partial charge < -0.3 is 15.2 Å². The summed E-state index contributed by atoms with van der Waals surface area (Å²) >= 11 is 0. The Hall–Kier alpha value is -3.19. The van der Waals surface area contributed by atoms with E-state index in [1.54, 1.807) is 19.2 Å². The number of carbonyl (C=O) groups excluding carboxylic acids is 1. The first kappa shape index (κ1) is 17.6. The normalized spacial score (nSPS) is 11.8. The second kappa shape index (κ2) is 7.37. The highest BCUT2D eigenvalue weighted by molar-refractivity contribution is 5.91. The second-order valence-corrected chi connectivity index (χ2v) is 5.76. The van der Waals surface area contributed by atoms with E-state index in [2.05, 4.69) is 20.0 Å². The molecule has 0 saturated carbocycles. The third-order valence-corrected chi connectivity index (χ3v) is 4.04. The van der Waals surface area contributed by atoms with Gasteiger partial charge >= 0.3 is 6.09 Å². The van der Waals surface area contributed by atoms with E-state index in [0.717, 1.165) is 22.2 Å². The fraction of sp³-hybridized carbons (Fsp3) is 0.211. The number of nitrogens with one attached hydrogen (secondary N) is 1. The first-order chi connectivity index (χ1) is 12.5. The molecule has 3 N–H and O–H groups in total. The van der Waals surface area contributed by atoms with E-state index in [0.29, 0.717) is 17.2 Å². The fourth-order valence-electron chi connectivity index (χ4n) is 2.73. The quantitative estimate of drug-likeness (QED) is 0.748. The molecule has 0 radical (unpaired) electrons. The van der Waals surface area contributed by atoms with Crippen molar-refractivity contribution in [2.75, 3.05) is 19.5 Å². The van der Waals surface area contributed by atoms with Gasteiger partial charge in [-0.15, -0.1) is 0 Å². The number of fused-ring (bicyclic) bond motifs is 1. The zero-order chi connectivity index (χ0) is 18.7. The van der Waals surface area contributed by atoms with Crippen molar-refractivity contribution in [2.45, 2.75) is 13.0 Å². The Kier molecular flexibility index (Phi) is 4.99. The van der Waals surface area contributed by atoms with Gasteiger partial charge in [-0.2, -0.15) is 0 Å². The number of hydrogen-bond acceptors (Lipinski definition) is 6. The summed E-state index contributed by atoms with van der Waals surface area (Å²) in [6.07, 6.45) is -0.543. The molecule has 0 fully saturated rings. The van der Waals surface area contributed by atoms with E-state index in [1.165, 1.54) is 7.11 Å². The van der Waals surface area contributed by atoms with Crippen molar-refractivity contribution in [1.82, 2.24) is 9.97 Å². The molecule has 0 aliphatic heterocycles. The molecule has 26 heavy (non-hydrogen) atoms. The van der Waals surface area contributed by atoms with E-state index < -0.39 is 12.1 Å². The van der Waals surface area contributed by atoms with Crippen molar-refractivity contribution in [3.05, 3.63) is 59.5 Å². The molecule has 2 aromatic carbocycles. The molecule has 7 nitrogen and oxygen atoms in total.